The summed E-state index contributed by atoms with van der Waals surface area (Å²) in [5, 5.41) is 11.5. The quantitative estimate of drug-likeness (QED) is 0.527. The van der Waals surface area contributed by atoms with Gasteiger partial charge in [0.25, 0.3) is 0 Å². The van der Waals surface area contributed by atoms with E-state index in [0.717, 1.165) is 0 Å². The molecule has 0 aromatic carbocycles. The minimum absolute atomic E-state index is 0.133. The summed E-state index contributed by atoms with van der Waals surface area (Å²) in [5.41, 5.74) is 0. The Bertz CT molecular complexity index is 116. The fourth-order valence-corrected chi connectivity index (χ4v) is 0.557. The Labute approximate surface area is 66.5 Å². The monoisotopic (exact) mass is 161 g/mol. The number of methoxy groups -OCH3 is 1. The molecule has 66 valence electrons. The van der Waals surface area contributed by atoms with Crippen LogP contribution in [0.1, 0.15) is 6.92 Å². The number of nitrogens with one attached hydrogen (secondary N) is 1. The van der Waals surface area contributed by atoms with E-state index in [4.69, 9.17) is 5.11 Å². The van der Waals surface area contributed by atoms with Crippen LogP contribution in [0.4, 0.5) is 0 Å². The molecular weight excluding hydrogens is 146 g/mol. The zero-order valence-electron chi connectivity index (χ0n) is 6.96. The molecule has 0 rings (SSSR count). The molecule has 0 aliphatic rings. The van der Waals surface area contributed by atoms with E-state index in [0.29, 0.717) is 6.54 Å². The molecule has 2 N–H and O–H groups in total. The first-order valence-electron chi connectivity index (χ1n) is 3.59. The van der Waals surface area contributed by atoms with Gasteiger partial charge in [0.2, 0.25) is 0 Å². The van der Waals surface area contributed by atoms with Gasteiger partial charge in [-0.3, -0.25) is 4.79 Å². The van der Waals surface area contributed by atoms with Crippen LogP contribution in [0.2, 0.25) is 0 Å². The molecule has 0 aromatic heterocycles. The van der Waals surface area contributed by atoms with Crippen molar-refractivity contribution in [3.05, 3.63) is 0 Å². The van der Waals surface area contributed by atoms with Crippen LogP contribution in [0.5, 0.6) is 0 Å². The number of aliphatic hydroxyl groups is 1. The van der Waals surface area contributed by atoms with Gasteiger partial charge in [0.15, 0.2) is 0 Å². The van der Waals surface area contributed by atoms with E-state index >= 15 is 0 Å². The lowest BCUT2D eigenvalue weighted by Crippen LogP contribution is -2.29. The minimum Gasteiger partial charge on any atom is -0.468 e. The largest absolute Gasteiger partial charge is 0.468 e. The number of carbonyl (C=O) groups excluding carboxylic acids is 1. The Hall–Kier alpha value is -0.610. The minimum atomic E-state index is -0.282. The summed E-state index contributed by atoms with van der Waals surface area (Å²) in [6.07, 6.45) is 0. The average Bonchev–Trinajstić information content (AvgIpc) is 2.04. The molecule has 0 radical (unpaired) electrons. The number of aliphatic hydroxyl groups excluding tert-OH is 1. The number of rotatable bonds is 5. The van der Waals surface area contributed by atoms with Crippen LogP contribution in [-0.2, 0) is 9.53 Å². The van der Waals surface area contributed by atoms with Gasteiger partial charge in [-0.05, 0) is 5.92 Å². The Balaban J connectivity index is 3.20. The van der Waals surface area contributed by atoms with Crippen LogP contribution in [0.3, 0.4) is 0 Å². The molecule has 0 saturated heterocycles. The summed E-state index contributed by atoms with van der Waals surface area (Å²) in [4.78, 5) is 10.5. The van der Waals surface area contributed by atoms with Crippen LogP contribution < -0.4 is 5.32 Å². The maximum atomic E-state index is 10.5. The Morgan fingerprint density at radius 2 is 2.36 bits per heavy atom. The molecule has 1 unspecified atom stereocenters. The van der Waals surface area contributed by atoms with Crippen molar-refractivity contribution < 1.29 is 14.6 Å². The lowest BCUT2D eigenvalue weighted by Gasteiger charge is -2.07. The Morgan fingerprint density at radius 1 is 1.73 bits per heavy atom. The molecule has 0 amide bonds. The molecule has 0 heterocycles. The smallest absolute Gasteiger partial charge is 0.319 e. The normalized spacial score (nSPS) is 12.6. The van der Waals surface area contributed by atoms with Gasteiger partial charge in [0, 0.05) is 13.2 Å². The summed E-state index contributed by atoms with van der Waals surface area (Å²) < 4.78 is 4.40. The first kappa shape index (κ1) is 10.4. The number of hydrogen-bond donors (Lipinski definition) is 2. The molecule has 4 nitrogen and oxygen atoms in total. The fraction of sp³-hybridized carbons (Fsp3) is 0.857. The van der Waals surface area contributed by atoms with Crippen LogP contribution in [0, 0.1) is 5.92 Å². The van der Waals surface area contributed by atoms with E-state index < -0.39 is 0 Å². The van der Waals surface area contributed by atoms with Crippen molar-refractivity contribution in [3.63, 3.8) is 0 Å². The van der Waals surface area contributed by atoms with Gasteiger partial charge < -0.3 is 15.2 Å². The second kappa shape index (κ2) is 6.12. The predicted octanol–water partition coefficient (Wildman–Crippen LogP) is -0.623. The van der Waals surface area contributed by atoms with Crippen molar-refractivity contribution in [3.8, 4) is 0 Å². The van der Waals surface area contributed by atoms with E-state index in [1.807, 2.05) is 6.92 Å². The van der Waals surface area contributed by atoms with E-state index in [1.54, 1.807) is 0 Å². The van der Waals surface area contributed by atoms with Gasteiger partial charge >= 0.3 is 5.97 Å². The summed E-state index contributed by atoms with van der Waals surface area (Å²) in [6.45, 7) is 2.87. The molecule has 11 heavy (non-hydrogen) atoms. The zero-order valence-corrected chi connectivity index (χ0v) is 6.96. The lowest BCUT2D eigenvalue weighted by atomic mass is 10.2. The molecular formula is C7H15NO3. The van der Waals surface area contributed by atoms with Crippen molar-refractivity contribution in [1.82, 2.24) is 5.32 Å². The number of carbonyl (C=O) groups is 1. The third kappa shape index (κ3) is 5.82. The van der Waals surface area contributed by atoms with E-state index in [9.17, 15) is 4.79 Å². The molecule has 0 fully saturated rings. The predicted molar refractivity (Wildman–Crippen MR) is 41.1 cm³/mol. The molecule has 4 heteroatoms. The van der Waals surface area contributed by atoms with Crippen LogP contribution in [-0.4, -0.2) is 37.9 Å². The molecule has 1 atom stereocenters. The van der Waals surface area contributed by atoms with E-state index in [-0.39, 0.29) is 25.0 Å². The fourth-order valence-electron chi connectivity index (χ4n) is 0.557. The highest BCUT2D eigenvalue weighted by Crippen LogP contribution is 1.87. The second-order valence-electron chi connectivity index (χ2n) is 2.49. The maximum Gasteiger partial charge on any atom is 0.319 e. The average molecular weight is 161 g/mol. The molecule has 0 spiro atoms. The van der Waals surface area contributed by atoms with Gasteiger partial charge in [-0.25, -0.2) is 0 Å². The molecule has 0 saturated carbocycles. The summed E-state index contributed by atoms with van der Waals surface area (Å²) in [6, 6.07) is 0. The highest BCUT2D eigenvalue weighted by molar-refractivity contribution is 5.71. The van der Waals surface area contributed by atoms with Crippen LogP contribution in [0.25, 0.3) is 0 Å². The first-order chi connectivity index (χ1) is 5.20. The van der Waals surface area contributed by atoms with Crippen LogP contribution in [0.15, 0.2) is 0 Å². The Kier molecular flexibility index (Phi) is 5.78. The lowest BCUT2D eigenvalue weighted by molar-refractivity contribution is -0.139. The van der Waals surface area contributed by atoms with Crippen LogP contribution >= 0.6 is 0 Å². The molecule has 0 bridgehead atoms. The van der Waals surface area contributed by atoms with E-state index in [2.05, 4.69) is 10.1 Å². The topological polar surface area (TPSA) is 58.6 Å². The van der Waals surface area contributed by atoms with E-state index in [1.165, 1.54) is 7.11 Å². The van der Waals surface area contributed by atoms with Gasteiger partial charge in [-0.15, -0.1) is 0 Å². The SMILES string of the molecule is COC(=O)CNCC(C)CO. The number of ether oxygens (including phenoxy) is 1. The van der Waals surface area contributed by atoms with Crippen molar-refractivity contribution >= 4 is 5.97 Å². The van der Waals surface area contributed by atoms with Gasteiger partial charge in [0.1, 0.15) is 0 Å². The summed E-state index contributed by atoms with van der Waals surface area (Å²) in [5.74, 6) is -0.102. The third-order valence-electron chi connectivity index (χ3n) is 1.30. The van der Waals surface area contributed by atoms with Gasteiger partial charge in [-0.1, -0.05) is 6.92 Å². The molecule has 0 aliphatic heterocycles. The summed E-state index contributed by atoms with van der Waals surface area (Å²) in [7, 11) is 1.35. The maximum absolute atomic E-state index is 10.5. The standard InChI is InChI=1S/C7H15NO3/c1-6(5-9)3-8-4-7(10)11-2/h6,8-9H,3-5H2,1-2H3. The van der Waals surface area contributed by atoms with Gasteiger partial charge in [0.05, 0.1) is 13.7 Å². The van der Waals surface area contributed by atoms with Crippen molar-refractivity contribution in [2.24, 2.45) is 5.92 Å². The van der Waals surface area contributed by atoms with Crippen molar-refractivity contribution in [1.29, 1.82) is 0 Å². The third-order valence-corrected chi connectivity index (χ3v) is 1.30. The Morgan fingerprint density at radius 3 is 2.82 bits per heavy atom. The first-order valence-corrected chi connectivity index (χ1v) is 3.59. The zero-order chi connectivity index (χ0) is 8.69. The summed E-state index contributed by atoms with van der Waals surface area (Å²) >= 11 is 0. The number of hydrogen-bond acceptors (Lipinski definition) is 4. The van der Waals surface area contributed by atoms with Gasteiger partial charge in [-0.2, -0.15) is 0 Å². The molecule has 0 aliphatic carbocycles. The van der Waals surface area contributed by atoms with Crippen molar-refractivity contribution in [2.45, 2.75) is 6.92 Å². The molecule has 0 aromatic rings. The second-order valence-corrected chi connectivity index (χ2v) is 2.49. The highest BCUT2D eigenvalue weighted by atomic mass is 16.5. The number of esters is 1. The van der Waals surface area contributed by atoms with Crippen molar-refractivity contribution in [2.75, 3.05) is 26.8 Å². The highest BCUT2D eigenvalue weighted by Gasteiger charge is 2.01.